The Labute approximate surface area is 214 Å². The molecule has 1 saturated heterocycles. The van der Waals surface area contributed by atoms with Crippen LogP contribution in [-0.2, 0) is 17.8 Å². The lowest BCUT2D eigenvalue weighted by atomic mass is 10.0. The maximum atomic E-state index is 13.2. The molecule has 1 aromatic carbocycles. The molecule has 34 heavy (non-hydrogen) atoms. The van der Waals surface area contributed by atoms with Crippen molar-refractivity contribution >= 4 is 36.6 Å². The van der Waals surface area contributed by atoms with Crippen LogP contribution >= 0.6 is 24.8 Å². The third-order valence-corrected chi connectivity index (χ3v) is 6.18. The summed E-state index contributed by atoms with van der Waals surface area (Å²) in [5, 5.41) is 9.91. The minimum absolute atomic E-state index is 0. The molecular formula is C24H36Cl2N6O2. The van der Waals surface area contributed by atoms with Gasteiger partial charge in [0.15, 0.2) is 0 Å². The van der Waals surface area contributed by atoms with E-state index in [-0.39, 0.29) is 42.7 Å². The Bertz CT molecular complexity index is 885. The number of halogens is 2. The van der Waals surface area contributed by atoms with Crippen LogP contribution in [0, 0.1) is 0 Å². The number of nitrogens with one attached hydrogen (secondary N) is 3. The van der Waals surface area contributed by atoms with Crippen molar-refractivity contribution in [3.63, 3.8) is 0 Å². The lowest BCUT2D eigenvalue weighted by Crippen LogP contribution is -2.35. The van der Waals surface area contributed by atoms with E-state index in [4.69, 9.17) is 0 Å². The van der Waals surface area contributed by atoms with Gasteiger partial charge in [-0.2, -0.15) is 0 Å². The molecule has 1 fully saturated rings. The summed E-state index contributed by atoms with van der Waals surface area (Å²) in [6, 6.07) is 10.1. The number of fused-ring (bicyclic) bond motifs is 1. The second kappa shape index (κ2) is 14.3. The lowest BCUT2D eigenvalue weighted by Gasteiger charge is -2.22. The third kappa shape index (κ3) is 7.70. The Balaban J connectivity index is 0.00000204. The van der Waals surface area contributed by atoms with Crippen LogP contribution in [0.25, 0.3) is 0 Å². The average Bonchev–Trinajstić information content (AvgIpc) is 3.10. The van der Waals surface area contributed by atoms with Crippen molar-refractivity contribution in [2.24, 2.45) is 0 Å². The van der Waals surface area contributed by atoms with Gasteiger partial charge in [-0.1, -0.05) is 30.3 Å². The van der Waals surface area contributed by atoms with E-state index >= 15 is 0 Å². The van der Waals surface area contributed by atoms with Crippen LogP contribution in [0.15, 0.2) is 36.5 Å². The van der Waals surface area contributed by atoms with Gasteiger partial charge in [0.1, 0.15) is 11.5 Å². The molecule has 8 nitrogen and oxygen atoms in total. The Morgan fingerprint density at radius 3 is 2.56 bits per heavy atom. The highest BCUT2D eigenvalue weighted by Gasteiger charge is 2.22. The summed E-state index contributed by atoms with van der Waals surface area (Å²) in [5.41, 5.74) is 1.67. The first-order valence-electron chi connectivity index (χ1n) is 11.8. The number of aromatic nitrogens is 2. The smallest absolute Gasteiger partial charge is 0.274 e. The number of hydrogen-bond acceptors (Lipinski definition) is 5. The zero-order valence-corrected chi connectivity index (χ0v) is 21.1. The maximum absolute atomic E-state index is 13.2. The number of amides is 2. The highest BCUT2D eigenvalue weighted by Crippen LogP contribution is 2.17. The zero-order chi connectivity index (χ0) is 22.2. The molecule has 2 aliphatic rings. The molecule has 2 aromatic rings. The van der Waals surface area contributed by atoms with E-state index in [2.05, 4.69) is 37.6 Å². The fourth-order valence-electron chi connectivity index (χ4n) is 4.40. The van der Waals surface area contributed by atoms with Crippen molar-refractivity contribution in [3.8, 4) is 0 Å². The van der Waals surface area contributed by atoms with Crippen LogP contribution < -0.4 is 16.0 Å². The third-order valence-electron chi connectivity index (χ3n) is 6.18. The molecule has 3 N–H and O–H groups in total. The van der Waals surface area contributed by atoms with Crippen LogP contribution in [0.5, 0.6) is 0 Å². The van der Waals surface area contributed by atoms with Crippen molar-refractivity contribution in [1.29, 1.82) is 0 Å². The van der Waals surface area contributed by atoms with Gasteiger partial charge in [-0.05, 0) is 31.4 Å². The quantitative estimate of drug-likeness (QED) is 0.576. The van der Waals surface area contributed by atoms with E-state index in [0.29, 0.717) is 31.7 Å². The minimum atomic E-state index is -0.00477. The molecule has 0 bridgehead atoms. The molecule has 10 heteroatoms. The normalized spacial score (nSPS) is 20.1. The van der Waals surface area contributed by atoms with Gasteiger partial charge in [0.2, 0.25) is 5.91 Å². The van der Waals surface area contributed by atoms with Gasteiger partial charge >= 0.3 is 0 Å². The Morgan fingerprint density at radius 2 is 1.74 bits per heavy atom. The van der Waals surface area contributed by atoms with Gasteiger partial charge in [-0.3, -0.25) is 9.59 Å². The van der Waals surface area contributed by atoms with Crippen LogP contribution in [0.3, 0.4) is 0 Å². The molecular weight excluding hydrogens is 475 g/mol. The van der Waals surface area contributed by atoms with Gasteiger partial charge in [0, 0.05) is 64.3 Å². The molecule has 0 spiro atoms. The fourth-order valence-corrected chi connectivity index (χ4v) is 4.40. The van der Waals surface area contributed by atoms with E-state index in [1.807, 2.05) is 29.3 Å². The summed E-state index contributed by atoms with van der Waals surface area (Å²) in [6.45, 7) is 5.33. The number of hydrogen-bond donors (Lipinski definition) is 3. The van der Waals surface area contributed by atoms with Crippen molar-refractivity contribution in [1.82, 2.24) is 30.4 Å². The number of benzene rings is 1. The van der Waals surface area contributed by atoms with Gasteiger partial charge in [0.05, 0.1) is 0 Å². The summed E-state index contributed by atoms with van der Waals surface area (Å²) in [7, 11) is 0. The molecule has 1 unspecified atom stereocenters. The molecule has 188 valence electrons. The standard InChI is InChI=1S/C24H34N6O2.2ClH/c31-23-17-20(19-7-2-1-3-8-19)26-10-4-5-14-29(15-6-11-27-23)24(32)21-18-30-16-13-25-12-9-22(30)28-21;;/h1-3,7-8,18,20,25-26H,4-6,9-17H2,(H,27,31);2*1H. The summed E-state index contributed by atoms with van der Waals surface area (Å²) in [6.07, 6.45) is 5.76. The molecule has 0 radical (unpaired) electrons. The molecule has 0 saturated carbocycles. The number of imidazole rings is 1. The zero-order valence-electron chi connectivity index (χ0n) is 19.5. The van der Waals surface area contributed by atoms with Gasteiger partial charge in [0.25, 0.3) is 5.91 Å². The molecule has 3 heterocycles. The molecule has 1 aromatic heterocycles. The lowest BCUT2D eigenvalue weighted by molar-refractivity contribution is -0.121. The number of carbonyl (C=O) groups is 2. The summed E-state index contributed by atoms with van der Waals surface area (Å²) in [5.74, 6) is 1.01. The van der Waals surface area contributed by atoms with Crippen LogP contribution in [0.2, 0.25) is 0 Å². The van der Waals surface area contributed by atoms with Gasteiger partial charge in [-0.25, -0.2) is 4.98 Å². The topological polar surface area (TPSA) is 91.3 Å². The number of nitrogens with zero attached hydrogens (tertiary/aromatic N) is 3. The summed E-state index contributed by atoms with van der Waals surface area (Å²) >= 11 is 0. The van der Waals surface area contributed by atoms with Crippen molar-refractivity contribution in [2.45, 2.75) is 44.7 Å². The monoisotopic (exact) mass is 510 g/mol. The first-order chi connectivity index (χ1) is 15.7. The van der Waals surface area contributed by atoms with Crippen LogP contribution in [-0.4, -0.2) is 65.5 Å². The minimum Gasteiger partial charge on any atom is -0.356 e. The Morgan fingerprint density at radius 1 is 0.941 bits per heavy atom. The summed E-state index contributed by atoms with van der Waals surface area (Å²) < 4.78 is 2.10. The second-order valence-electron chi connectivity index (χ2n) is 8.56. The largest absolute Gasteiger partial charge is 0.356 e. The number of carbonyl (C=O) groups excluding carboxylic acids is 2. The van der Waals surface area contributed by atoms with E-state index in [1.54, 1.807) is 0 Å². The van der Waals surface area contributed by atoms with E-state index < -0.39 is 0 Å². The van der Waals surface area contributed by atoms with E-state index in [9.17, 15) is 9.59 Å². The van der Waals surface area contributed by atoms with Crippen molar-refractivity contribution in [3.05, 3.63) is 53.6 Å². The van der Waals surface area contributed by atoms with Crippen LogP contribution in [0.1, 0.15) is 53.6 Å². The predicted octanol–water partition coefficient (Wildman–Crippen LogP) is 2.34. The first-order valence-corrected chi connectivity index (χ1v) is 11.8. The van der Waals surface area contributed by atoms with Gasteiger partial charge < -0.3 is 25.4 Å². The Hall–Kier alpha value is -2.13. The molecule has 2 aliphatic heterocycles. The van der Waals surface area contributed by atoms with Gasteiger partial charge in [-0.15, -0.1) is 24.8 Å². The first kappa shape index (κ1) is 28.1. The average molecular weight is 511 g/mol. The highest BCUT2D eigenvalue weighted by molar-refractivity contribution is 5.92. The second-order valence-corrected chi connectivity index (χ2v) is 8.56. The molecule has 4 rings (SSSR count). The maximum Gasteiger partial charge on any atom is 0.274 e. The Kier molecular flexibility index (Phi) is 11.8. The molecule has 1 atom stereocenters. The summed E-state index contributed by atoms with van der Waals surface area (Å²) in [4.78, 5) is 32.3. The van der Waals surface area contributed by atoms with Crippen LogP contribution in [0.4, 0.5) is 0 Å². The molecule has 0 aliphatic carbocycles. The van der Waals surface area contributed by atoms with Crippen molar-refractivity contribution in [2.75, 3.05) is 39.3 Å². The van der Waals surface area contributed by atoms with E-state index in [0.717, 1.165) is 63.3 Å². The van der Waals surface area contributed by atoms with Crippen molar-refractivity contribution < 1.29 is 9.59 Å². The fraction of sp³-hybridized carbons (Fsp3) is 0.542. The number of rotatable bonds is 2. The molecule has 2 amide bonds. The SMILES string of the molecule is Cl.Cl.O=C1CC(c2ccccc2)NCCCCN(C(=O)c2cn3c(n2)CCNCC3)CCCN1. The predicted molar refractivity (Wildman–Crippen MR) is 138 cm³/mol. The highest BCUT2D eigenvalue weighted by atomic mass is 35.5. The van der Waals surface area contributed by atoms with E-state index in [1.165, 1.54) is 0 Å².